The third-order valence-electron chi connectivity index (χ3n) is 3.74. The molecule has 0 spiro atoms. The van der Waals surface area contributed by atoms with E-state index in [1.807, 2.05) is 42.5 Å². The van der Waals surface area contributed by atoms with E-state index < -0.39 is 0 Å². The Morgan fingerprint density at radius 1 is 1.09 bits per heavy atom. The highest BCUT2D eigenvalue weighted by Crippen LogP contribution is 2.31. The van der Waals surface area contributed by atoms with Gasteiger partial charge in [-0.1, -0.05) is 23.7 Å². The molecule has 0 radical (unpaired) electrons. The number of aromatic nitrogens is 5. The first kappa shape index (κ1) is 13.2. The van der Waals surface area contributed by atoms with Crippen molar-refractivity contribution in [3.63, 3.8) is 0 Å². The zero-order valence-electron chi connectivity index (χ0n) is 12.1. The molecule has 4 aromatic rings. The van der Waals surface area contributed by atoms with Gasteiger partial charge in [-0.2, -0.15) is 0 Å². The summed E-state index contributed by atoms with van der Waals surface area (Å²) < 4.78 is 1.99. The molecule has 0 aliphatic carbocycles. The van der Waals surface area contributed by atoms with E-state index in [1.165, 1.54) is 0 Å². The molecule has 0 atom stereocenters. The predicted octanol–water partition coefficient (Wildman–Crippen LogP) is 3.61. The van der Waals surface area contributed by atoms with E-state index in [4.69, 9.17) is 11.6 Å². The molecule has 0 bridgehead atoms. The van der Waals surface area contributed by atoms with Crippen LogP contribution in [-0.2, 0) is 0 Å². The first-order valence-corrected chi connectivity index (χ1v) is 7.25. The van der Waals surface area contributed by atoms with Crippen LogP contribution in [0.25, 0.3) is 28.1 Å². The van der Waals surface area contributed by atoms with Crippen LogP contribution in [0.4, 0.5) is 0 Å². The molecule has 0 fully saturated rings. The smallest absolute Gasteiger partial charge is 0.183 e. The maximum atomic E-state index is 6.40. The summed E-state index contributed by atoms with van der Waals surface area (Å²) in [4.78, 5) is 8.68. The number of rotatable bonds is 1. The fraction of sp³-hybridized carbons (Fsp3) is 0.125. The Balaban J connectivity index is 2.21. The number of aryl methyl sites for hydroxylation is 2. The van der Waals surface area contributed by atoms with E-state index in [0.29, 0.717) is 5.02 Å². The van der Waals surface area contributed by atoms with Crippen LogP contribution in [0.15, 0.2) is 36.7 Å². The van der Waals surface area contributed by atoms with Crippen LogP contribution in [0, 0.1) is 13.8 Å². The van der Waals surface area contributed by atoms with Crippen molar-refractivity contribution in [1.82, 2.24) is 24.6 Å². The number of fused-ring (bicyclic) bond motifs is 3. The Hall–Kier alpha value is -2.53. The normalized spacial score (nSPS) is 11.4. The zero-order valence-corrected chi connectivity index (χ0v) is 12.8. The molecule has 0 saturated carbocycles. The molecule has 22 heavy (non-hydrogen) atoms. The van der Waals surface area contributed by atoms with E-state index >= 15 is 0 Å². The standard InChI is InChI=1S/C16H12ClN5/c1-9-4-3-5-11(17)14(9)16-21-20-15-10(2)19-12-8-18-7-6-13(12)22(15)16/h3-8H,1-2H3. The van der Waals surface area contributed by atoms with Crippen molar-refractivity contribution in [2.24, 2.45) is 0 Å². The van der Waals surface area contributed by atoms with Gasteiger partial charge in [-0.05, 0) is 31.5 Å². The minimum Gasteiger partial charge on any atom is -0.272 e. The van der Waals surface area contributed by atoms with Crippen LogP contribution in [0.2, 0.25) is 5.02 Å². The van der Waals surface area contributed by atoms with Crippen LogP contribution in [0.1, 0.15) is 11.3 Å². The molecule has 0 amide bonds. The molecule has 0 N–H and O–H groups in total. The van der Waals surface area contributed by atoms with Crippen molar-refractivity contribution in [2.45, 2.75) is 13.8 Å². The van der Waals surface area contributed by atoms with Crippen molar-refractivity contribution in [2.75, 3.05) is 0 Å². The highest BCUT2D eigenvalue weighted by molar-refractivity contribution is 6.33. The van der Waals surface area contributed by atoms with Crippen LogP contribution in [0.3, 0.4) is 0 Å². The van der Waals surface area contributed by atoms with Crippen LogP contribution in [-0.4, -0.2) is 24.6 Å². The maximum absolute atomic E-state index is 6.40. The topological polar surface area (TPSA) is 56.0 Å². The molecule has 5 nitrogen and oxygen atoms in total. The molecular weight excluding hydrogens is 298 g/mol. The molecule has 0 unspecified atom stereocenters. The lowest BCUT2D eigenvalue weighted by atomic mass is 10.1. The number of benzene rings is 1. The van der Waals surface area contributed by atoms with E-state index in [-0.39, 0.29) is 0 Å². The van der Waals surface area contributed by atoms with Crippen molar-refractivity contribution in [1.29, 1.82) is 0 Å². The first-order chi connectivity index (χ1) is 10.7. The molecule has 108 valence electrons. The van der Waals surface area contributed by atoms with E-state index in [9.17, 15) is 0 Å². The number of pyridine rings is 1. The van der Waals surface area contributed by atoms with Gasteiger partial charge in [-0.3, -0.25) is 9.38 Å². The quantitative estimate of drug-likeness (QED) is 0.539. The molecule has 1 aromatic carbocycles. The third-order valence-corrected chi connectivity index (χ3v) is 4.05. The van der Waals surface area contributed by atoms with Crippen molar-refractivity contribution < 1.29 is 0 Å². The zero-order chi connectivity index (χ0) is 15.3. The molecule has 6 heteroatoms. The summed E-state index contributed by atoms with van der Waals surface area (Å²) in [6.07, 6.45) is 3.48. The summed E-state index contributed by atoms with van der Waals surface area (Å²) in [5.41, 5.74) is 5.20. The van der Waals surface area contributed by atoms with Crippen LogP contribution in [0.5, 0.6) is 0 Å². The summed E-state index contributed by atoms with van der Waals surface area (Å²) >= 11 is 6.40. The van der Waals surface area contributed by atoms with E-state index in [2.05, 4.69) is 20.2 Å². The fourth-order valence-electron chi connectivity index (χ4n) is 2.71. The second kappa shape index (κ2) is 4.74. The molecule has 3 heterocycles. The molecule has 0 saturated heterocycles. The second-order valence-electron chi connectivity index (χ2n) is 5.18. The SMILES string of the molecule is Cc1cccc(Cl)c1-c1nnc2c(C)nc3cnccc3n12. The maximum Gasteiger partial charge on any atom is 0.183 e. The molecular formula is C16H12ClN5. The van der Waals surface area contributed by atoms with E-state index in [1.54, 1.807) is 12.4 Å². The van der Waals surface area contributed by atoms with Gasteiger partial charge < -0.3 is 0 Å². The van der Waals surface area contributed by atoms with Crippen LogP contribution < -0.4 is 0 Å². The number of hydrogen-bond acceptors (Lipinski definition) is 4. The fourth-order valence-corrected chi connectivity index (χ4v) is 3.01. The van der Waals surface area contributed by atoms with Gasteiger partial charge in [-0.15, -0.1) is 10.2 Å². The third kappa shape index (κ3) is 1.79. The average Bonchev–Trinajstić information content (AvgIpc) is 2.93. The predicted molar refractivity (Wildman–Crippen MR) is 86.0 cm³/mol. The van der Waals surface area contributed by atoms with Gasteiger partial charge in [0, 0.05) is 11.8 Å². The Morgan fingerprint density at radius 2 is 1.95 bits per heavy atom. The number of hydrogen-bond donors (Lipinski definition) is 0. The highest BCUT2D eigenvalue weighted by atomic mass is 35.5. The Bertz CT molecular complexity index is 1000. The van der Waals surface area contributed by atoms with Gasteiger partial charge in [0.25, 0.3) is 0 Å². The highest BCUT2D eigenvalue weighted by Gasteiger charge is 2.17. The van der Waals surface area contributed by atoms with E-state index in [0.717, 1.165) is 39.3 Å². The van der Waals surface area contributed by atoms with Crippen molar-refractivity contribution >= 4 is 28.3 Å². The Kier molecular flexibility index (Phi) is 2.84. The minimum atomic E-state index is 0.658. The molecule has 3 aromatic heterocycles. The van der Waals surface area contributed by atoms with Gasteiger partial charge in [0.05, 0.1) is 22.4 Å². The molecule has 0 aliphatic heterocycles. The minimum absolute atomic E-state index is 0.658. The Morgan fingerprint density at radius 3 is 2.77 bits per heavy atom. The van der Waals surface area contributed by atoms with Crippen LogP contribution >= 0.6 is 11.6 Å². The average molecular weight is 310 g/mol. The lowest BCUT2D eigenvalue weighted by Crippen LogP contribution is -1.99. The number of nitrogens with zero attached hydrogens (tertiary/aromatic N) is 5. The lowest BCUT2D eigenvalue weighted by molar-refractivity contribution is 1.10. The molecule has 4 rings (SSSR count). The summed E-state index contributed by atoms with van der Waals surface area (Å²) in [5, 5.41) is 9.32. The summed E-state index contributed by atoms with van der Waals surface area (Å²) in [6, 6.07) is 7.72. The largest absolute Gasteiger partial charge is 0.272 e. The van der Waals surface area contributed by atoms with Crippen molar-refractivity contribution in [3.05, 3.63) is 52.9 Å². The van der Waals surface area contributed by atoms with Crippen molar-refractivity contribution in [3.8, 4) is 11.4 Å². The number of halogens is 1. The Labute approximate surface area is 131 Å². The first-order valence-electron chi connectivity index (χ1n) is 6.88. The van der Waals surface area contributed by atoms with Gasteiger partial charge in [-0.25, -0.2) is 4.98 Å². The second-order valence-corrected chi connectivity index (χ2v) is 5.58. The molecule has 0 aliphatic rings. The van der Waals surface area contributed by atoms with Gasteiger partial charge >= 0.3 is 0 Å². The van der Waals surface area contributed by atoms with Gasteiger partial charge in [0.1, 0.15) is 5.52 Å². The summed E-state index contributed by atoms with van der Waals surface area (Å²) in [6.45, 7) is 3.93. The monoisotopic (exact) mass is 309 g/mol. The lowest BCUT2D eigenvalue weighted by Gasteiger charge is -2.09. The van der Waals surface area contributed by atoms with Gasteiger partial charge in [0.15, 0.2) is 11.5 Å². The van der Waals surface area contributed by atoms with Gasteiger partial charge in [0.2, 0.25) is 0 Å². The summed E-state index contributed by atoms with van der Waals surface area (Å²) in [7, 11) is 0. The summed E-state index contributed by atoms with van der Waals surface area (Å²) in [5.74, 6) is 0.722.